The zero-order valence-corrected chi connectivity index (χ0v) is 11.6. The summed E-state index contributed by atoms with van der Waals surface area (Å²) in [5.41, 5.74) is 1.95. The lowest BCUT2D eigenvalue weighted by atomic mass is 10.1. The van der Waals surface area contributed by atoms with Gasteiger partial charge in [0.05, 0.1) is 11.9 Å². The number of halogens is 1. The first-order valence-corrected chi connectivity index (χ1v) is 6.46. The van der Waals surface area contributed by atoms with E-state index in [1.807, 2.05) is 24.3 Å². The van der Waals surface area contributed by atoms with Gasteiger partial charge in [0.25, 0.3) is 0 Å². The summed E-state index contributed by atoms with van der Waals surface area (Å²) >= 11 is 3.39. The first kappa shape index (κ1) is 12.8. The maximum absolute atomic E-state index is 12.0. The Morgan fingerprint density at radius 2 is 2.11 bits per heavy atom. The minimum absolute atomic E-state index is 0.0827. The number of nitrogens with one attached hydrogen (secondary N) is 1. The van der Waals surface area contributed by atoms with Gasteiger partial charge in [0.1, 0.15) is 0 Å². The van der Waals surface area contributed by atoms with Crippen LogP contribution in [0.4, 0.5) is 5.69 Å². The van der Waals surface area contributed by atoms with Crippen molar-refractivity contribution in [3.63, 3.8) is 0 Å². The van der Waals surface area contributed by atoms with Crippen LogP contribution < -0.4 is 4.90 Å². The topological polar surface area (TPSA) is 49.0 Å². The smallest absolute Gasteiger partial charge is 0.227 e. The van der Waals surface area contributed by atoms with Crippen LogP contribution in [-0.2, 0) is 11.2 Å². The van der Waals surface area contributed by atoms with Crippen LogP contribution in [0, 0.1) is 0 Å². The van der Waals surface area contributed by atoms with E-state index in [0.29, 0.717) is 6.42 Å². The van der Waals surface area contributed by atoms with Crippen LogP contribution >= 0.6 is 15.9 Å². The van der Waals surface area contributed by atoms with Crippen molar-refractivity contribution < 1.29 is 4.79 Å². The van der Waals surface area contributed by atoms with Gasteiger partial charge in [-0.1, -0.05) is 28.1 Å². The average Bonchev–Trinajstić information content (AvgIpc) is 2.90. The molecule has 18 heavy (non-hydrogen) atoms. The predicted molar refractivity (Wildman–Crippen MR) is 74.5 cm³/mol. The fourth-order valence-electron chi connectivity index (χ4n) is 1.64. The fourth-order valence-corrected chi connectivity index (χ4v) is 1.91. The van der Waals surface area contributed by atoms with Crippen LogP contribution in [0.25, 0.3) is 0 Å². The first-order chi connectivity index (χ1) is 8.66. The number of hydrogen-bond donors (Lipinski definition) is 1. The van der Waals surface area contributed by atoms with Crippen LogP contribution in [-0.4, -0.2) is 23.2 Å². The number of anilines is 1. The van der Waals surface area contributed by atoms with Crippen LogP contribution in [0.2, 0.25) is 0 Å². The van der Waals surface area contributed by atoms with E-state index in [4.69, 9.17) is 0 Å². The number of benzene rings is 1. The van der Waals surface area contributed by atoms with E-state index >= 15 is 0 Å². The molecule has 0 unspecified atom stereocenters. The van der Waals surface area contributed by atoms with E-state index in [1.165, 1.54) is 0 Å². The summed E-state index contributed by atoms with van der Waals surface area (Å²) in [4.78, 5) is 13.6. The van der Waals surface area contributed by atoms with E-state index in [0.717, 1.165) is 22.1 Å². The Hall–Kier alpha value is -1.62. The number of carbonyl (C=O) groups is 1. The van der Waals surface area contributed by atoms with E-state index in [1.54, 1.807) is 24.3 Å². The Kier molecular flexibility index (Phi) is 4.15. The molecule has 4 nitrogen and oxygen atoms in total. The van der Waals surface area contributed by atoms with Crippen molar-refractivity contribution in [1.82, 2.24) is 10.2 Å². The summed E-state index contributed by atoms with van der Waals surface area (Å²) in [6, 6.07) is 8.02. The zero-order chi connectivity index (χ0) is 13.0. The molecule has 1 N–H and O–H groups in total. The van der Waals surface area contributed by atoms with E-state index in [2.05, 4.69) is 26.1 Å². The first-order valence-electron chi connectivity index (χ1n) is 5.66. The number of nitrogens with zero attached hydrogens (tertiary/aromatic N) is 2. The van der Waals surface area contributed by atoms with E-state index in [9.17, 15) is 4.79 Å². The molecule has 0 aliphatic rings. The molecule has 94 valence electrons. The lowest BCUT2D eigenvalue weighted by molar-refractivity contribution is -0.118. The molecule has 1 heterocycles. The molecule has 0 aliphatic carbocycles. The van der Waals surface area contributed by atoms with Crippen molar-refractivity contribution in [2.45, 2.75) is 12.8 Å². The Morgan fingerprint density at radius 1 is 1.39 bits per heavy atom. The molecule has 0 spiro atoms. The number of hydrogen-bond acceptors (Lipinski definition) is 2. The molecule has 0 aliphatic heterocycles. The second kappa shape index (κ2) is 5.82. The molecule has 0 bridgehead atoms. The molecule has 0 atom stereocenters. The highest BCUT2D eigenvalue weighted by Crippen LogP contribution is 2.14. The standard InChI is InChI=1S/C13H14BrN3O/c1-17(12-8-15-16-9-12)13(18)7-4-10-2-5-11(14)6-3-10/h2-3,5-6,8-9H,4,7H2,1H3,(H,15,16). The number of aromatic amines is 1. The molecule has 0 saturated carbocycles. The van der Waals surface area contributed by atoms with Crippen LogP contribution in [0.3, 0.4) is 0 Å². The summed E-state index contributed by atoms with van der Waals surface area (Å²) in [7, 11) is 1.76. The van der Waals surface area contributed by atoms with Gasteiger partial charge in [0, 0.05) is 24.1 Å². The quantitative estimate of drug-likeness (QED) is 0.944. The molecule has 0 fully saturated rings. The number of aromatic nitrogens is 2. The summed E-state index contributed by atoms with van der Waals surface area (Å²) in [5, 5.41) is 6.53. The summed E-state index contributed by atoms with van der Waals surface area (Å²) in [6.07, 6.45) is 4.58. The summed E-state index contributed by atoms with van der Waals surface area (Å²) < 4.78 is 1.05. The third kappa shape index (κ3) is 3.20. The number of H-pyrrole nitrogens is 1. The largest absolute Gasteiger partial charge is 0.313 e. The molecule has 1 aromatic carbocycles. The molecule has 2 rings (SSSR count). The summed E-state index contributed by atoms with van der Waals surface area (Å²) in [5.74, 6) is 0.0827. The van der Waals surface area contributed by atoms with Crippen LogP contribution in [0.15, 0.2) is 41.1 Å². The molecule has 1 aromatic heterocycles. The van der Waals surface area contributed by atoms with Crippen molar-refractivity contribution in [1.29, 1.82) is 0 Å². The Morgan fingerprint density at radius 3 is 2.72 bits per heavy atom. The lowest BCUT2D eigenvalue weighted by Gasteiger charge is -2.14. The maximum Gasteiger partial charge on any atom is 0.227 e. The SMILES string of the molecule is CN(C(=O)CCc1ccc(Br)cc1)c1cn[nH]c1. The second-order valence-corrected chi connectivity index (χ2v) is 4.95. The van der Waals surface area contributed by atoms with Gasteiger partial charge in [-0.05, 0) is 24.1 Å². The second-order valence-electron chi connectivity index (χ2n) is 4.04. The van der Waals surface area contributed by atoms with Gasteiger partial charge in [-0.25, -0.2) is 0 Å². The lowest BCUT2D eigenvalue weighted by Crippen LogP contribution is -2.25. The van der Waals surface area contributed by atoms with Crippen molar-refractivity contribution in [2.24, 2.45) is 0 Å². The van der Waals surface area contributed by atoms with Crippen LogP contribution in [0.5, 0.6) is 0 Å². The number of aryl methyl sites for hydroxylation is 1. The van der Waals surface area contributed by atoms with Gasteiger partial charge >= 0.3 is 0 Å². The molecule has 0 saturated heterocycles. The highest BCUT2D eigenvalue weighted by molar-refractivity contribution is 9.10. The van der Waals surface area contributed by atoms with Crippen molar-refractivity contribution in [3.8, 4) is 0 Å². The minimum atomic E-state index is 0.0827. The third-order valence-corrected chi connectivity index (χ3v) is 3.31. The van der Waals surface area contributed by atoms with E-state index < -0.39 is 0 Å². The Bertz CT molecular complexity index is 508. The highest BCUT2D eigenvalue weighted by Gasteiger charge is 2.11. The molecular weight excluding hydrogens is 294 g/mol. The number of amides is 1. The Labute approximate surface area is 114 Å². The molecule has 2 aromatic rings. The van der Waals surface area contributed by atoms with Crippen molar-refractivity contribution in [3.05, 3.63) is 46.7 Å². The predicted octanol–water partition coefficient (Wildman–Crippen LogP) is 2.77. The zero-order valence-electron chi connectivity index (χ0n) is 10.1. The molecular formula is C13H14BrN3O. The van der Waals surface area contributed by atoms with Crippen LogP contribution in [0.1, 0.15) is 12.0 Å². The van der Waals surface area contributed by atoms with Crippen molar-refractivity contribution >= 4 is 27.5 Å². The van der Waals surface area contributed by atoms with Gasteiger partial charge < -0.3 is 4.90 Å². The summed E-state index contributed by atoms with van der Waals surface area (Å²) in [6.45, 7) is 0. The van der Waals surface area contributed by atoms with Gasteiger partial charge in [0.15, 0.2) is 0 Å². The number of rotatable bonds is 4. The monoisotopic (exact) mass is 307 g/mol. The Balaban J connectivity index is 1.90. The van der Waals surface area contributed by atoms with Crippen molar-refractivity contribution in [2.75, 3.05) is 11.9 Å². The average molecular weight is 308 g/mol. The van der Waals surface area contributed by atoms with Gasteiger partial charge in [-0.3, -0.25) is 9.89 Å². The van der Waals surface area contributed by atoms with Gasteiger partial charge in [0.2, 0.25) is 5.91 Å². The third-order valence-electron chi connectivity index (χ3n) is 2.79. The fraction of sp³-hybridized carbons (Fsp3) is 0.231. The van der Waals surface area contributed by atoms with E-state index in [-0.39, 0.29) is 5.91 Å². The van der Waals surface area contributed by atoms with Gasteiger partial charge in [-0.15, -0.1) is 0 Å². The minimum Gasteiger partial charge on any atom is -0.313 e. The highest BCUT2D eigenvalue weighted by atomic mass is 79.9. The molecule has 5 heteroatoms. The van der Waals surface area contributed by atoms with Gasteiger partial charge in [-0.2, -0.15) is 5.10 Å². The normalized spacial score (nSPS) is 10.3. The maximum atomic E-state index is 12.0. The molecule has 0 radical (unpaired) electrons. The molecule has 1 amide bonds. The number of carbonyl (C=O) groups excluding carboxylic acids is 1.